The molecule has 1 fully saturated rings. The molecule has 1 aliphatic heterocycles. The lowest BCUT2D eigenvalue weighted by atomic mass is 9.99. The van der Waals surface area contributed by atoms with Gasteiger partial charge in [0.2, 0.25) is 0 Å². The predicted octanol–water partition coefficient (Wildman–Crippen LogP) is 9.88. The fourth-order valence-corrected chi connectivity index (χ4v) is 6.87. The molecule has 4 N–H and O–H groups in total. The van der Waals surface area contributed by atoms with Crippen LogP contribution >= 0.6 is 0 Å². The quantitative estimate of drug-likeness (QED) is 0.0205. The summed E-state index contributed by atoms with van der Waals surface area (Å²) in [4.78, 5) is 25.3. The van der Waals surface area contributed by atoms with Crippen molar-refractivity contribution in [3.05, 3.63) is 30.0 Å². The van der Waals surface area contributed by atoms with Crippen molar-refractivity contribution >= 4 is 11.9 Å². The van der Waals surface area contributed by atoms with Crippen LogP contribution in [0.5, 0.6) is 0 Å². The van der Waals surface area contributed by atoms with Gasteiger partial charge < -0.3 is 39.4 Å². The summed E-state index contributed by atoms with van der Waals surface area (Å²) in [5.41, 5.74) is 3.29. The molecular weight excluding hydrogens is 725 g/mol. The molecule has 10 nitrogen and oxygen atoms in total. The Labute approximate surface area is 346 Å². The van der Waals surface area contributed by atoms with E-state index in [1.54, 1.807) is 0 Å². The average Bonchev–Trinajstić information content (AvgIpc) is 3.21. The van der Waals surface area contributed by atoms with Gasteiger partial charge in [0.1, 0.15) is 31.0 Å². The molecule has 10 heteroatoms. The Balaban J connectivity index is 2.33. The van der Waals surface area contributed by atoms with Gasteiger partial charge in [0, 0.05) is 12.8 Å². The van der Waals surface area contributed by atoms with E-state index in [4.69, 9.17) is 18.9 Å². The van der Waals surface area contributed by atoms with E-state index in [0.717, 1.165) is 64.2 Å². The van der Waals surface area contributed by atoms with Crippen LogP contribution in [0.2, 0.25) is 0 Å². The number of hydrogen-bond donors (Lipinski definition) is 4. The van der Waals surface area contributed by atoms with E-state index in [1.165, 1.54) is 103 Å². The van der Waals surface area contributed by atoms with Crippen molar-refractivity contribution in [2.75, 3.05) is 19.8 Å². The van der Waals surface area contributed by atoms with E-state index in [9.17, 15) is 30.0 Å². The molecule has 0 amide bonds. The maximum atomic E-state index is 12.8. The summed E-state index contributed by atoms with van der Waals surface area (Å²) in [6.45, 7) is 3.38. The monoisotopic (exact) mass is 809 g/mol. The highest BCUT2D eigenvalue weighted by atomic mass is 16.7. The normalized spacial score (nSPS) is 20.0. The Morgan fingerprint density at radius 1 is 0.579 bits per heavy atom. The molecule has 2 unspecified atom stereocenters. The fourth-order valence-electron chi connectivity index (χ4n) is 6.87. The molecule has 0 bridgehead atoms. The SMILES string of the molecule is CCCCCC/C=C/CCCCCCCCCCCC(=O)OC[C@@H](CO[C@H]1O[C@@H](CO)[C@@H](O)C(O)C1O)OC(=O)CCCCCCCC=C=CCCCCCCC. The second-order valence-corrected chi connectivity index (χ2v) is 16.0. The van der Waals surface area contributed by atoms with Crippen molar-refractivity contribution in [1.82, 2.24) is 0 Å². The van der Waals surface area contributed by atoms with E-state index in [2.05, 4.69) is 43.9 Å². The largest absolute Gasteiger partial charge is 0.462 e. The molecule has 332 valence electrons. The lowest BCUT2D eigenvalue weighted by molar-refractivity contribution is -0.305. The number of hydrogen-bond acceptors (Lipinski definition) is 10. The third kappa shape index (κ3) is 29.8. The average molecular weight is 809 g/mol. The molecule has 0 aliphatic carbocycles. The number of rotatable bonds is 38. The first-order valence-electron chi connectivity index (χ1n) is 23.2. The Kier molecular flexibility index (Phi) is 35.5. The van der Waals surface area contributed by atoms with Crippen molar-refractivity contribution < 1.29 is 49.0 Å². The highest BCUT2D eigenvalue weighted by Crippen LogP contribution is 2.22. The zero-order chi connectivity index (χ0) is 41.6. The van der Waals surface area contributed by atoms with Crippen LogP contribution in [0.25, 0.3) is 0 Å². The second kappa shape index (κ2) is 38.2. The van der Waals surface area contributed by atoms with Crippen LogP contribution in [0, 0.1) is 0 Å². The number of carbonyl (C=O) groups excluding carboxylic acids is 2. The number of esters is 2. The van der Waals surface area contributed by atoms with Gasteiger partial charge in [0.05, 0.1) is 13.2 Å². The van der Waals surface area contributed by atoms with Crippen LogP contribution in [-0.2, 0) is 28.5 Å². The standard InChI is InChI=1S/C47H84O10/c1-3-5-7-9-11-13-15-17-19-20-22-23-25-27-29-31-33-35-42(49)54-38-40(39-55-47-46(53)45(52)44(51)41(37-48)57-47)56-43(50)36-34-32-30-28-26-24-21-18-16-14-12-10-8-6-4-2/h13,15-16,21,40-41,44-48,51-53H,3-12,14,17,19-20,22-39H2,1-2H3/b15-13+/t18?,40-,41-,44+,45?,46?,47-/m0/s1. The number of carbonyl (C=O) groups is 2. The molecule has 57 heavy (non-hydrogen) atoms. The Morgan fingerprint density at radius 2 is 1.04 bits per heavy atom. The van der Waals surface area contributed by atoms with Gasteiger partial charge in [-0.3, -0.25) is 9.59 Å². The van der Waals surface area contributed by atoms with Crippen molar-refractivity contribution in [3.63, 3.8) is 0 Å². The summed E-state index contributed by atoms with van der Waals surface area (Å²) in [6.07, 6.45) is 32.4. The number of aliphatic hydroxyl groups is 4. The smallest absolute Gasteiger partial charge is 0.306 e. The number of ether oxygens (including phenoxy) is 4. The van der Waals surface area contributed by atoms with Crippen LogP contribution in [0.1, 0.15) is 200 Å². The molecule has 6 atom stereocenters. The predicted molar refractivity (Wildman–Crippen MR) is 228 cm³/mol. The third-order valence-corrected chi connectivity index (χ3v) is 10.6. The summed E-state index contributed by atoms with van der Waals surface area (Å²) in [5.74, 6) is -0.826. The lowest BCUT2D eigenvalue weighted by Gasteiger charge is -2.39. The van der Waals surface area contributed by atoms with Crippen LogP contribution < -0.4 is 0 Å². The minimum Gasteiger partial charge on any atom is -0.462 e. The zero-order valence-electron chi connectivity index (χ0n) is 36.1. The summed E-state index contributed by atoms with van der Waals surface area (Å²) >= 11 is 0. The second-order valence-electron chi connectivity index (χ2n) is 16.0. The van der Waals surface area contributed by atoms with E-state index in [-0.39, 0.29) is 32.0 Å². The van der Waals surface area contributed by atoms with E-state index < -0.39 is 49.4 Å². The highest BCUT2D eigenvalue weighted by molar-refractivity contribution is 5.70. The minimum absolute atomic E-state index is 0.210. The first-order chi connectivity index (χ1) is 27.8. The molecule has 1 rings (SSSR count). The van der Waals surface area contributed by atoms with Gasteiger partial charge >= 0.3 is 11.9 Å². The Bertz CT molecular complexity index is 1040. The van der Waals surface area contributed by atoms with E-state index in [1.807, 2.05) is 0 Å². The maximum absolute atomic E-state index is 12.8. The van der Waals surface area contributed by atoms with Gasteiger partial charge in [-0.05, 0) is 76.4 Å². The molecular formula is C47H84O10. The summed E-state index contributed by atoms with van der Waals surface area (Å²) in [5, 5.41) is 40.1. The molecule has 1 saturated heterocycles. The van der Waals surface area contributed by atoms with Crippen molar-refractivity contribution in [1.29, 1.82) is 0 Å². The van der Waals surface area contributed by atoms with Gasteiger partial charge in [-0.15, -0.1) is 5.73 Å². The lowest BCUT2D eigenvalue weighted by Crippen LogP contribution is -2.59. The Morgan fingerprint density at radius 3 is 1.56 bits per heavy atom. The summed E-state index contributed by atoms with van der Waals surface area (Å²) in [7, 11) is 0. The van der Waals surface area contributed by atoms with Gasteiger partial charge in [-0.25, -0.2) is 0 Å². The molecule has 0 spiro atoms. The van der Waals surface area contributed by atoms with Gasteiger partial charge in [0.25, 0.3) is 0 Å². The van der Waals surface area contributed by atoms with E-state index in [0.29, 0.717) is 6.42 Å². The first-order valence-corrected chi connectivity index (χ1v) is 23.2. The molecule has 0 aromatic rings. The molecule has 0 aromatic heterocycles. The van der Waals surface area contributed by atoms with Crippen LogP contribution in [0.15, 0.2) is 30.0 Å². The summed E-state index contributed by atoms with van der Waals surface area (Å²) in [6, 6.07) is 0. The highest BCUT2D eigenvalue weighted by Gasteiger charge is 2.44. The van der Waals surface area contributed by atoms with Gasteiger partial charge in [0.15, 0.2) is 12.4 Å². The topological polar surface area (TPSA) is 152 Å². The summed E-state index contributed by atoms with van der Waals surface area (Å²) < 4.78 is 22.2. The molecule has 0 saturated carbocycles. The first kappa shape index (κ1) is 53.0. The molecule has 1 heterocycles. The number of unbranched alkanes of at least 4 members (excludes halogenated alkanes) is 23. The molecule has 1 aliphatic rings. The molecule has 0 aromatic carbocycles. The van der Waals surface area contributed by atoms with Gasteiger partial charge in [-0.2, -0.15) is 0 Å². The van der Waals surface area contributed by atoms with Crippen LogP contribution in [-0.4, -0.2) is 89.0 Å². The fraction of sp³-hybridized carbons (Fsp3) is 0.851. The van der Waals surface area contributed by atoms with Crippen molar-refractivity contribution in [2.45, 2.75) is 237 Å². The van der Waals surface area contributed by atoms with Crippen molar-refractivity contribution in [2.24, 2.45) is 0 Å². The van der Waals surface area contributed by atoms with Crippen molar-refractivity contribution in [3.8, 4) is 0 Å². The minimum atomic E-state index is -1.60. The zero-order valence-corrected chi connectivity index (χ0v) is 36.1. The molecule has 0 radical (unpaired) electrons. The number of aliphatic hydroxyl groups excluding tert-OH is 4. The maximum Gasteiger partial charge on any atom is 0.306 e. The van der Waals surface area contributed by atoms with E-state index >= 15 is 0 Å². The van der Waals surface area contributed by atoms with Crippen LogP contribution in [0.4, 0.5) is 0 Å². The van der Waals surface area contributed by atoms with Gasteiger partial charge in [-0.1, -0.05) is 135 Å². The van der Waals surface area contributed by atoms with Crippen LogP contribution in [0.3, 0.4) is 0 Å². The Hall–Kier alpha value is -2.04. The number of allylic oxidation sites excluding steroid dienone is 3. The third-order valence-electron chi connectivity index (χ3n) is 10.6.